The molecule has 6 heteroatoms. The highest BCUT2D eigenvalue weighted by atomic mass is 16.6. The third kappa shape index (κ3) is 61.2. The van der Waals surface area contributed by atoms with Gasteiger partial charge in [-0.3, -0.25) is 14.4 Å². The summed E-state index contributed by atoms with van der Waals surface area (Å²) in [6.07, 6.45) is 94.7. The van der Waals surface area contributed by atoms with Crippen LogP contribution in [0.15, 0.2) is 182 Å². The molecule has 0 heterocycles. The Labute approximate surface area is 472 Å². The third-order valence-electron chi connectivity index (χ3n) is 11.9. The molecule has 0 fully saturated rings. The Morgan fingerprint density at radius 3 is 0.857 bits per heavy atom. The van der Waals surface area contributed by atoms with E-state index in [2.05, 4.69) is 191 Å². The van der Waals surface area contributed by atoms with Crippen molar-refractivity contribution >= 4 is 17.9 Å². The molecule has 0 aliphatic heterocycles. The Kier molecular flexibility index (Phi) is 58.6. The average Bonchev–Trinajstić information content (AvgIpc) is 3.43. The largest absolute Gasteiger partial charge is 0.462 e. The van der Waals surface area contributed by atoms with Gasteiger partial charge in [0.05, 0.1) is 0 Å². The Balaban J connectivity index is 4.60. The van der Waals surface area contributed by atoms with Crippen LogP contribution in [0.25, 0.3) is 0 Å². The molecule has 0 aromatic heterocycles. The van der Waals surface area contributed by atoms with Crippen LogP contribution in [-0.2, 0) is 28.6 Å². The fourth-order valence-corrected chi connectivity index (χ4v) is 7.42. The standard InChI is InChI=1S/C71H108O6/c1-4-7-10-13-16-19-22-25-28-30-32-33-34-35-36-37-39-40-43-46-49-52-55-58-61-64-70(73)76-67-68(66-75-69(72)63-60-57-54-51-48-45-42-27-24-21-18-15-12-9-6-3)77-71(74)65-62-59-56-53-50-47-44-41-38-31-29-26-23-20-17-14-11-8-5-2/h7-8,10-11,16-21,25-29,32-33,35-36,38-42,46-47,49-50,56,59,68H,4-6,9,12-15,22-24,30-31,34,37,43-45,48,51-55,57-58,60-67H2,1-3H3/b10-7-,11-8-,19-16-,20-17-,21-18-,28-25-,29-26-,33-32-,36-35-,40-39-,41-38-,42-27-,49-46-,50-47-,59-56-. The van der Waals surface area contributed by atoms with Crippen LogP contribution in [0.2, 0.25) is 0 Å². The van der Waals surface area contributed by atoms with Crippen LogP contribution in [0.1, 0.15) is 226 Å². The molecular weight excluding hydrogens is 949 g/mol. The van der Waals surface area contributed by atoms with Crippen LogP contribution in [-0.4, -0.2) is 37.2 Å². The van der Waals surface area contributed by atoms with E-state index in [0.717, 1.165) is 154 Å². The lowest BCUT2D eigenvalue weighted by Gasteiger charge is -2.18. The lowest BCUT2D eigenvalue weighted by molar-refractivity contribution is -0.166. The summed E-state index contributed by atoms with van der Waals surface area (Å²) in [4.78, 5) is 38.2. The van der Waals surface area contributed by atoms with E-state index in [4.69, 9.17) is 14.2 Å². The Morgan fingerprint density at radius 1 is 0.273 bits per heavy atom. The van der Waals surface area contributed by atoms with Crippen molar-refractivity contribution in [1.29, 1.82) is 0 Å². The summed E-state index contributed by atoms with van der Waals surface area (Å²) in [6, 6.07) is 0. The Morgan fingerprint density at radius 2 is 0.532 bits per heavy atom. The number of ether oxygens (including phenoxy) is 3. The number of carbonyl (C=O) groups is 3. The molecule has 0 radical (unpaired) electrons. The minimum Gasteiger partial charge on any atom is -0.462 e. The molecule has 0 saturated heterocycles. The lowest BCUT2D eigenvalue weighted by Crippen LogP contribution is -2.30. The maximum Gasteiger partial charge on any atom is 0.306 e. The fraction of sp³-hybridized carbons (Fsp3) is 0.535. The van der Waals surface area contributed by atoms with E-state index in [1.165, 1.54) is 25.7 Å². The average molecular weight is 1060 g/mol. The van der Waals surface area contributed by atoms with Crippen LogP contribution in [0.5, 0.6) is 0 Å². The molecular formula is C71H108O6. The van der Waals surface area contributed by atoms with Crippen LogP contribution >= 0.6 is 0 Å². The van der Waals surface area contributed by atoms with Gasteiger partial charge in [0.2, 0.25) is 0 Å². The van der Waals surface area contributed by atoms with E-state index in [0.29, 0.717) is 12.8 Å². The molecule has 0 aromatic carbocycles. The Hall–Kier alpha value is -5.49. The third-order valence-corrected chi connectivity index (χ3v) is 11.9. The van der Waals surface area contributed by atoms with Gasteiger partial charge in [0, 0.05) is 19.3 Å². The predicted octanol–water partition coefficient (Wildman–Crippen LogP) is 20.9. The van der Waals surface area contributed by atoms with Gasteiger partial charge >= 0.3 is 17.9 Å². The summed E-state index contributed by atoms with van der Waals surface area (Å²) >= 11 is 0. The monoisotopic (exact) mass is 1060 g/mol. The zero-order chi connectivity index (χ0) is 55.7. The van der Waals surface area contributed by atoms with Gasteiger partial charge < -0.3 is 14.2 Å². The molecule has 0 N–H and O–H groups in total. The summed E-state index contributed by atoms with van der Waals surface area (Å²) in [5, 5.41) is 0. The maximum absolute atomic E-state index is 12.9. The van der Waals surface area contributed by atoms with E-state index in [1.54, 1.807) is 0 Å². The first-order valence-corrected chi connectivity index (χ1v) is 30.3. The van der Waals surface area contributed by atoms with Crippen LogP contribution < -0.4 is 0 Å². The molecule has 0 spiro atoms. The van der Waals surface area contributed by atoms with Gasteiger partial charge in [-0.25, -0.2) is 0 Å². The van der Waals surface area contributed by atoms with Gasteiger partial charge in [0.15, 0.2) is 6.10 Å². The van der Waals surface area contributed by atoms with Crippen molar-refractivity contribution < 1.29 is 28.6 Å². The highest BCUT2D eigenvalue weighted by molar-refractivity contribution is 5.71. The second kappa shape index (κ2) is 63.0. The quantitative estimate of drug-likeness (QED) is 0.0261. The first kappa shape index (κ1) is 71.5. The number of esters is 3. The summed E-state index contributed by atoms with van der Waals surface area (Å²) < 4.78 is 16.8. The fourth-order valence-electron chi connectivity index (χ4n) is 7.42. The molecule has 77 heavy (non-hydrogen) atoms. The minimum absolute atomic E-state index is 0.136. The zero-order valence-electron chi connectivity index (χ0n) is 48.9. The molecule has 1 atom stereocenters. The Bertz CT molecular complexity index is 1840. The van der Waals surface area contributed by atoms with Crippen molar-refractivity contribution in [1.82, 2.24) is 0 Å². The van der Waals surface area contributed by atoms with Gasteiger partial charge in [-0.15, -0.1) is 0 Å². The molecule has 0 rings (SSSR count). The molecule has 1 unspecified atom stereocenters. The van der Waals surface area contributed by atoms with E-state index in [-0.39, 0.29) is 38.0 Å². The number of carbonyl (C=O) groups excluding carboxylic acids is 3. The summed E-state index contributed by atoms with van der Waals surface area (Å²) in [5.41, 5.74) is 0. The van der Waals surface area contributed by atoms with E-state index in [9.17, 15) is 14.4 Å². The smallest absolute Gasteiger partial charge is 0.306 e. The van der Waals surface area contributed by atoms with Crippen LogP contribution in [0.4, 0.5) is 0 Å². The number of hydrogen-bond donors (Lipinski definition) is 0. The first-order chi connectivity index (χ1) is 38.0. The number of hydrogen-bond acceptors (Lipinski definition) is 6. The van der Waals surface area contributed by atoms with Gasteiger partial charge in [-0.2, -0.15) is 0 Å². The van der Waals surface area contributed by atoms with Gasteiger partial charge in [0.1, 0.15) is 13.2 Å². The van der Waals surface area contributed by atoms with E-state index < -0.39 is 12.1 Å². The van der Waals surface area contributed by atoms with Crippen LogP contribution in [0.3, 0.4) is 0 Å². The minimum atomic E-state index is -0.850. The number of rotatable bonds is 52. The van der Waals surface area contributed by atoms with E-state index >= 15 is 0 Å². The van der Waals surface area contributed by atoms with Gasteiger partial charge in [-0.1, -0.05) is 242 Å². The molecule has 428 valence electrons. The lowest BCUT2D eigenvalue weighted by atomic mass is 10.1. The molecule has 6 nitrogen and oxygen atoms in total. The summed E-state index contributed by atoms with van der Waals surface area (Å²) in [6.45, 7) is 6.26. The molecule has 0 aromatic rings. The van der Waals surface area contributed by atoms with Crippen molar-refractivity contribution in [3.63, 3.8) is 0 Å². The normalized spacial score (nSPS) is 13.4. The second-order valence-electron chi connectivity index (χ2n) is 19.1. The van der Waals surface area contributed by atoms with Crippen molar-refractivity contribution in [2.75, 3.05) is 13.2 Å². The maximum atomic E-state index is 12.9. The molecule has 0 saturated carbocycles. The molecule has 0 bridgehead atoms. The topological polar surface area (TPSA) is 78.9 Å². The van der Waals surface area contributed by atoms with Crippen LogP contribution in [0, 0.1) is 0 Å². The highest BCUT2D eigenvalue weighted by Gasteiger charge is 2.19. The molecule has 0 aliphatic rings. The SMILES string of the molecule is CC/C=C\C/C=C\C/C=C\C/C=C\C/C=C\C/C=C\C/C=C\CCCCCC(=O)OCC(COC(=O)CCCCCCC/C=C\C/C=C\CCCCC)OC(=O)CC/C=C\C/C=C\C/C=C\C/C=C\C/C=C\C/C=C\CC. The van der Waals surface area contributed by atoms with E-state index in [1.807, 2.05) is 12.2 Å². The zero-order valence-corrected chi connectivity index (χ0v) is 48.9. The van der Waals surface area contributed by atoms with Crippen molar-refractivity contribution in [3.05, 3.63) is 182 Å². The number of allylic oxidation sites excluding steroid dienone is 30. The summed E-state index contributed by atoms with van der Waals surface area (Å²) in [7, 11) is 0. The molecule has 0 aliphatic carbocycles. The second-order valence-corrected chi connectivity index (χ2v) is 19.1. The highest BCUT2D eigenvalue weighted by Crippen LogP contribution is 2.12. The summed E-state index contributed by atoms with van der Waals surface area (Å²) in [5.74, 6) is -1.08. The predicted molar refractivity (Wildman–Crippen MR) is 334 cm³/mol. The van der Waals surface area contributed by atoms with Gasteiger partial charge in [-0.05, 0) is 148 Å². The number of unbranched alkanes of at least 4 members (excludes halogenated alkanes) is 11. The van der Waals surface area contributed by atoms with Crippen molar-refractivity contribution in [2.45, 2.75) is 232 Å². The van der Waals surface area contributed by atoms with Gasteiger partial charge in [0.25, 0.3) is 0 Å². The molecule has 0 amide bonds. The first-order valence-electron chi connectivity index (χ1n) is 30.3. The van der Waals surface area contributed by atoms with Crippen molar-refractivity contribution in [3.8, 4) is 0 Å². The van der Waals surface area contributed by atoms with Crippen molar-refractivity contribution in [2.24, 2.45) is 0 Å².